The number of aromatic nitrogens is 2. The molecule has 2 N–H and O–H groups in total. The third kappa shape index (κ3) is 5.08. The van der Waals surface area contributed by atoms with E-state index >= 15 is 0 Å². The van der Waals surface area contributed by atoms with Gasteiger partial charge in [0.15, 0.2) is 5.01 Å². The van der Waals surface area contributed by atoms with Crippen molar-refractivity contribution in [2.24, 2.45) is 0 Å². The summed E-state index contributed by atoms with van der Waals surface area (Å²) in [7, 11) is 0. The number of rotatable bonds is 5. The molecule has 26 heavy (non-hydrogen) atoms. The highest BCUT2D eigenvalue weighted by Gasteiger charge is 2.10. The lowest BCUT2D eigenvalue weighted by Crippen LogP contribution is -2.19. The molecular weight excluding hydrogens is 395 g/mol. The molecule has 0 fully saturated rings. The molecule has 0 radical (unpaired) electrons. The molecule has 0 saturated heterocycles. The molecule has 0 unspecified atom stereocenters. The van der Waals surface area contributed by atoms with E-state index in [1.54, 1.807) is 18.2 Å². The molecule has 3 rings (SSSR count). The summed E-state index contributed by atoms with van der Waals surface area (Å²) in [5.74, 6) is 0.757. The van der Waals surface area contributed by atoms with Gasteiger partial charge in [0.1, 0.15) is 12.4 Å². The summed E-state index contributed by atoms with van der Waals surface area (Å²) in [6.07, 6.45) is 0. The van der Waals surface area contributed by atoms with Gasteiger partial charge in [0.25, 0.3) is 0 Å². The summed E-state index contributed by atoms with van der Waals surface area (Å²) < 4.78 is 5.66. The minimum absolute atomic E-state index is 0.275. The normalized spacial score (nSPS) is 10.4. The van der Waals surface area contributed by atoms with E-state index in [1.165, 1.54) is 11.3 Å². The number of nitrogens with zero attached hydrogens (tertiary/aromatic N) is 2. The Labute approximate surface area is 164 Å². The first-order valence-electron chi connectivity index (χ1n) is 7.54. The van der Waals surface area contributed by atoms with Crippen LogP contribution < -0.4 is 15.4 Å². The fraction of sp³-hybridized carbons (Fsp3) is 0.118. The summed E-state index contributed by atoms with van der Waals surface area (Å²) in [6, 6.07) is 12.1. The van der Waals surface area contributed by atoms with Gasteiger partial charge in [-0.05, 0) is 42.8 Å². The van der Waals surface area contributed by atoms with Crippen molar-refractivity contribution in [2.45, 2.75) is 13.5 Å². The Bertz CT molecular complexity index is 933. The second kappa shape index (κ2) is 8.35. The van der Waals surface area contributed by atoms with Gasteiger partial charge >= 0.3 is 6.03 Å². The van der Waals surface area contributed by atoms with E-state index in [0.29, 0.717) is 25.9 Å². The van der Waals surface area contributed by atoms with Gasteiger partial charge in [-0.3, -0.25) is 5.32 Å². The smallest absolute Gasteiger partial charge is 0.325 e. The maximum absolute atomic E-state index is 12.0. The van der Waals surface area contributed by atoms with Gasteiger partial charge in [-0.25, -0.2) is 4.79 Å². The zero-order valence-electron chi connectivity index (χ0n) is 13.6. The van der Waals surface area contributed by atoms with Crippen LogP contribution in [0.2, 0.25) is 10.0 Å². The average molecular weight is 409 g/mol. The number of benzene rings is 2. The molecular formula is C17H14Cl2N4O2S. The van der Waals surface area contributed by atoms with E-state index in [1.807, 2.05) is 31.2 Å². The quantitative estimate of drug-likeness (QED) is 0.594. The Morgan fingerprint density at radius 2 is 1.96 bits per heavy atom. The van der Waals surface area contributed by atoms with Gasteiger partial charge in [-0.1, -0.05) is 46.7 Å². The number of carbonyl (C=O) groups excluding carboxylic acids is 1. The number of nitrogens with one attached hydrogen (secondary N) is 2. The monoisotopic (exact) mass is 408 g/mol. The van der Waals surface area contributed by atoms with Crippen LogP contribution in [0.1, 0.15) is 10.6 Å². The Hall–Kier alpha value is -2.35. The van der Waals surface area contributed by atoms with Crippen molar-refractivity contribution in [3.05, 3.63) is 63.1 Å². The molecule has 2 aromatic carbocycles. The highest BCUT2D eigenvalue weighted by molar-refractivity contribution is 7.15. The van der Waals surface area contributed by atoms with Crippen LogP contribution in [-0.2, 0) is 6.61 Å². The van der Waals surface area contributed by atoms with Crippen molar-refractivity contribution >= 4 is 51.4 Å². The molecule has 134 valence electrons. The van der Waals surface area contributed by atoms with E-state index < -0.39 is 6.03 Å². The molecule has 0 aliphatic heterocycles. The zero-order chi connectivity index (χ0) is 18.5. The van der Waals surface area contributed by atoms with Crippen LogP contribution in [0.15, 0.2) is 42.5 Å². The Kier molecular flexibility index (Phi) is 5.92. The molecule has 9 heteroatoms. The second-order valence-corrected chi connectivity index (χ2v) is 7.19. The van der Waals surface area contributed by atoms with Crippen LogP contribution >= 0.6 is 34.5 Å². The number of hydrogen-bond acceptors (Lipinski definition) is 5. The van der Waals surface area contributed by atoms with Gasteiger partial charge in [0.05, 0.1) is 10.0 Å². The SMILES string of the molecule is Cc1cccc(OCc2nnc(NC(=O)Nc3ccc(Cl)c(Cl)c3)s2)c1. The number of amides is 2. The van der Waals surface area contributed by atoms with Crippen molar-refractivity contribution in [1.29, 1.82) is 0 Å². The number of hydrogen-bond donors (Lipinski definition) is 2. The lowest BCUT2D eigenvalue weighted by molar-refractivity contribution is 0.262. The number of carbonyl (C=O) groups is 1. The van der Waals surface area contributed by atoms with Crippen LogP contribution in [0.3, 0.4) is 0 Å². The van der Waals surface area contributed by atoms with Crippen LogP contribution in [0, 0.1) is 6.92 Å². The molecule has 0 aliphatic carbocycles. The number of urea groups is 1. The molecule has 0 spiro atoms. The van der Waals surface area contributed by atoms with Crippen LogP contribution in [0.4, 0.5) is 15.6 Å². The standard InChI is InChI=1S/C17H14Cl2N4O2S/c1-10-3-2-4-12(7-10)25-9-15-22-23-17(26-15)21-16(24)20-11-5-6-13(18)14(19)8-11/h2-8H,9H2,1H3,(H2,20,21,23,24). The fourth-order valence-corrected chi connectivity index (χ4v) is 2.99. The summed E-state index contributed by atoms with van der Waals surface area (Å²) in [5, 5.41) is 15.0. The number of ether oxygens (including phenoxy) is 1. The number of aryl methyl sites for hydroxylation is 1. The highest BCUT2D eigenvalue weighted by Crippen LogP contribution is 2.25. The van der Waals surface area contributed by atoms with Crippen molar-refractivity contribution < 1.29 is 9.53 Å². The lowest BCUT2D eigenvalue weighted by atomic mass is 10.2. The Morgan fingerprint density at radius 3 is 2.73 bits per heavy atom. The first-order chi connectivity index (χ1) is 12.5. The van der Waals surface area contributed by atoms with E-state index in [0.717, 1.165) is 11.3 Å². The fourth-order valence-electron chi connectivity index (χ4n) is 2.05. The molecule has 0 bridgehead atoms. The van der Waals surface area contributed by atoms with Gasteiger partial charge in [-0.15, -0.1) is 10.2 Å². The molecule has 0 aliphatic rings. The largest absolute Gasteiger partial charge is 0.486 e. The molecule has 3 aromatic rings. The van der Waals surface area contributed by atoms with Crippen molar-refractivity contribution in [1.82, 2.24) is 10.2 Å². The van der Waals surface area contributed by atoms with Crippen molar-refractivity contribution in [2.75, 3.05) is 10.6 Å². The van der Waals surface area contributed by atoms with E-state index in [9.17, 15) is 4.79 Å². The van der Waals surface area contributed by atoms with Crippen LogP contribution in [0.25, 0.3) is 0 Å². The summed E-state index contributed by atoms with van der Waals surface area (Å²) >= 11 is 13.0. The summed E-state index contributed by atoms with van der Waals surface area (Å²) in [5.41, 5.74) is 1.63. The molecule has 1 aromatic heterocycles. The average Bonchev–Trinajstić information content (AvgIpc) is 3.04. The predicted molar refractivity (Wildman–Crippen MR) is 105 cm³/mol. The van der Waals surface area contributed by atoms with Crippen molar-refractivity contribution in [3.8, 4) is 5.75 Å². The Balaban J connectivity index is 1.54. The van der Waals surface area contributed by atoms with E-state index in [2.05, 4.69) is 20.8 Å². The summed E-state index contributed by atoms with van der Waals surface area (Å²) in [4.78, 5) is 12.0. The van der Waals surface area contributed by atoms with E-state index in [4.69, 9.17) is 27.9 Å². The van der Waals surface area contributed by atoms with Crippen LogP contribution in [0.5, 0.6) is 5.75 Å². The molecule has 1 heterocycles. The second-order valence-electron chi connectivity index (χ2n) is 5.31. The molecule has 0 saturated carbocycles. The zero-order valence-corrected chi connectivity index (χ0v) is 16.0. The molecule has 2 amide bonds. The minimum Gasteiger partial charge on any atom is -0.486 e. The number of anilines is 2. The topological polar surface area (TPSA) is 76.1 Å². The van der Waals surface area contributed by atoms with Gasteiger partial charge in [-0.2, -0.15) is 0 Å². The summed E-state index contributed by atoms with van der Waals surface area (Å²) in [6.45, 7) is 2.27. The van der Waals surface area contributed by atoms with Gasteiger partial charge in [0.2, 0.25) is 5.13 Å². The predicted octanol–water partition coefficient (Wildman–Crippen LogP) is 5.38. The lowest BCUT2D eigenvalue weighted by Gasteiger charge is -2.06. The molecule has 6 nitrogen and oxygen atoms in total. The van der Waals surface area contributed by atoms with Gasteiger partial charge in [0, 0.05) is 5.69 Å². The maximum atomic E-state index is 12.0. The maximum Gasteiger partial charge on any atom is 0.325 e. The van der Waals surface area contributed by atoms with E-state index in [-0.39, 0.29) is 6.61 Å². The Morgan fingerprint density at radius 1 is 1.12 bits per heavy atom. The first kappa shape index (κ1) is 18.4. The third-order valence-electron chi connectivity index (χ3n) is 3.22. The number of halogens is 2. The minimum atomic E-state index is -0.453. The van der Waals surface area contributed by atoms with Gasteiger partial charge < -0.3 is 10.1 Å². The third-order valence-corrected chi connectivity index (χ3v) is 4.77. The molecule has 0 atom stereocenters. The van der Waals surface area contributed by atoms with Crippen molar-refractivity contribution in [3.63, 3.8) is 0 Å². The highest BCUT2D eigenvalue weighted by atomic mass is 35.5. The van der Waals surface area contributed by atoms with Crippen LogP contribution in [-0.4, -0.2) is 16.2 Å². The first-order valence-corrected chi connectivity index (χ1v) is 9.12.